The molecule has 1 aromatic heterocycles. The highest BCUT2D eigenvalue weighted by molar-refractivity contribution is 8.00. The van der Waals surface area contributed by atoms with E-state index in [0.717, 1.165) is 12.8 Å². The lowest BCUT2D eigenvalue weighted by molar-refractivity contribution is -0.115. The van der Waals surface area contributed by atoms with E-state index in [1.165, 1.54) is 18.7 Å². The lowest BCUT2D eigenvalue weighted by atomic mass is 10.1. The molecule has 1 aliphatic rings. The van der Waals surface area contributed by atoms with Crippen LogP contribution >= 0.6 is 11.8 Å². The Balaban J connectivity index is 1.60. The molecular weight excluding hydrogens is 314 g/mol. The first-order valence-corrected chi connectivity index (χ1v) is 8.33. The standard InChI is InChI=1S/C16H17N3O3S/c1-9(20)12-4-3-5-13(8-12)17-14(21)10(2)23-16-19-18-15(22-16)11-6-7-11/h3-5,8,10-11H,6-7H2,1-2H3,(H,17,21)/t10-/m1/s1. The van der Waals surface area contributed by atoms with Gasteiger partial charge >= 0.3 is 0 Å². The smallest absolute Gasteiger partial charge is 0.277 e. The van der Waals surface area contributed by atoms with Crippen molar-refractivity contribution in [1.29, 1.82) is 0 Å². The zero-order chi connectivity index (χ0) is 16.4. The lowest BCUT2D eigenvalue weighted by Gasteiger charge is -2.10. The number of thioether (sulfide) groups is 1. The predicted molar refractivity (Wildman–Crippen MR) is 86.7 cm³/mol. The van der Waals surface area contributed by atoms with Crippen LogP contribution in [0.3, 0.4) is 0 Å². The third kappa shape index (κ3) is 3.98. The fourth-order valence-electron chi connectivity index (χ4n) is 2.03. The molecule has 0 saturated heterocycles. The molecule has 7 heteroatoms. The number of nitrogens with zero attached hydrogens (tertiary/aromatic N) is 2. The molecule has 3 rings (SSSR count). The van der Waals surface area contributed by atoms with Gasteiger partial charge in [0.15, 0.2) is 5.78 Å². The van der Waals surface area contributed by atoms with E-state index in [2.05, 4.69) is 15.5 Å². The van der Waals surface area contributed by atoms with Crippen molar-refractivity contribution in [2.75, 3.05) is 5.32 Å². The van der Waals surface area contributed by atoms with E-state index in [4.69, 9.17) is 4.42 Å². The summed E-state index contributed by atoms with van der Waals surface area (Å²) in [6.07, 6.45) is 2.18. The molecule has 1 atom stereocenters. The zero-order valence-electron chi connectivity index (χ0n) is 12.9. The number of Topliss-reactive ketones (excluding diaryl/α,β-unsaturated/α-hetero) is 1. The van der Waals surface area contributed by atoms with Crippen molar-refractivity contribution in [3.63, 3.8) is 0 Å². The first kappa shape index (κ1) is 15.7. The molecule has 0 unspecified atom stereocenters. The second kappa shape index (κ2) is 6.54. The molecule has 1 N–H and O–H groups in total. The summed E-state index contributed by atoms with van der Waals surface area (Å²) in [5.41, 5.74) is 1.16. The van der Waals surface area contributed by atoms with Gasteiger partial charge in [-0.05, 0) is 38.8 Å². The molecule has 1 fully saturated rings. The van der Waals surface area contributed by atoms with Crippen molar-refractivity contribution in [3.05, 3.63) is 35.7 Å². The Hall–Kier alpha value is -2.15. The Morgan fingerprint density at radius 2 is 2.13 bits per heavy atom. The number of rotatable bonds is 6. The van der Waals surface area contributed by atoms with Crippen LogP contribution in [-0.4, -0.2) is 27.1 Å². The van der Waals surface area contributed by atoms with Gasteiger partial charge in [-0.15, -0.1) is 10.2 Å². The molecule has 1 aliphatic carbocycles. The van der Waals surface area contributed by atoms with Crippen molar-refractivity contribution < 1.29 is 14.0 Å². The summed E-state index contributed by atoms with van der Waals surface area (Å²) in [5, 5.41) is 10.8. The Kier molecular flexibility index (Phi) is 4.47. The number of ketones is 1. The number of aromatic nitrogens is 2. The summed E-state index contributed by atoms with van der Waals surface area (Å²) in [4.78, 5) is 23.6. The van der Waals surface area contributed by atoms with Gasteiger partial charge in [0.1, 0.15) is 0 Å². The number of hydrogen-bond donors (Lipinski definition) is 1. The number of hydrogen-bond acceptors (Lipinski definition) is 6. The van der Waals surface area contributed by atoms with Gasteiger partial charge in [0, 0.05) is 17.2 Å². The van der Waals surface area contributed by atoms with Crippen LogP contribution in [0.15, 0.2) is 33.9 Å². The maximum absolute atomic E-state index is 12.2. The molecule has 1 heterocycles. The summed E-state index contributed by atoms with van der Waals surface area (Å²) >= 11 is 1.23. The minimum Gasteiger partial charge on any atom is -0.416 e. The van der Waals surface area contributed by atoms with Gasteiger partial charge in [-0.2, -0.15) is 0 Å². The monoisotopic (exact) mass is 331 g/mol. The average Bonchev–Trinajstić information content (AvgIpc) is 3.27. The van der Waals surface area contributed by atoms with Crippen LogP contribution in [0.5, 0.6) is 0 Å². The fourth-order valence-corrected chi connectivity index (χ4v) is 2.72. The number of nitrogens with one attached hydrogen (secondary N) is 1. The SMILES string of the molecule is CC(=O)c1cccc(NC(=O)[C@@H](C)Sc2nnc(C3CC3)o2)c1. The van der Waals surface area contributed by atoms with Gasteiger partial charge in [0.05, 0.1) is 5.25 Å². The van der Waals surface area contributed by atoms with Crippen LogP contribution in [0, 0.1) is 0 Å². The minimum atomic E-state index is -0.386. The van der Waals surface area contributed by atoms with E-state index in [1.807, 2.05) is 0 Å². The number of carbonyl (C=O) groups excluding carboxylic acids is 2. The Labute approximate surface area is 138 Å². The Morgan fingerprint density at radius 3 is 2.83 bits per heavy atom. The van der Waals surface area contributed by atoms with Crippen LogP contribution in [0.1, 0.15) is 48.9 Å². The molecule has 0 bridgehead atoms. The van der Waals surface area contributed by atoms with Gasteiger partial charge in [-0.1, -0.05) is 23.9 Å². The normalized spacial score (nSPS) is 15.2. The van der Waals surface area contributed by atoms with Crippen LogP contribution in [-0.2, 0) is 4.79 Å². The van der Waals surface area contributed by atoms with Crippen LogP contribution in [0.2, 0.25) is 0 Å². The largest absolute Gasteiger partial charge is 0.416 e. The van der Waals surface area contributed by atoms with Gasteiger partial charge in [0.2, 0.25) is 11.8 Å². The zero-order valence-corrected chi connectivity index (χ0v) is 13.7. The summed E-state index contributed by atoms with van der Waals surface area (Å²) in [7, 11) is 0. The number of anilines is 1. The maximum Gasteiger partial charge on any atom is 0.277 e. The molecule has 120 valence electrons. The van der Waals surface area contributed by atoms with E-state index in [0.29, 0.717) is 28.3 Å². The molecule has 0 aliphatic heterocycles. The Morgan fingerprint density at radius 1 is 1.35 bits per heavy atom. The summed E-state index contributed by atoms with van der Waals surface area (Å²) in [6.45, 7) is 3.27. The molecule has 1 saturated carbocycles. The maximum atomic E-state index is 12.2. The highest BCUT2D eigenvalue weighted by atomic mass is 32.2. The van der Waals surface area contributed by atoms with E-state index < -0.39 is 0 Å². The van der Waals surface area contributed by atoms with Gasteiger partial charge in [-0.25, -0.2) is 0 Å². The first-order valence-electron chi connectivity index (χ1n) is 7.45. The minimum absolute atomic E-state index is 0.0398. The fraction of sp³-hybridized carbons (Fsp3) is 0.375. The van der Waals surface area contributed by atoms with E-state index >= 15 is 0 Å². The Bertz CT molecular complexity index is 740. The summed E-state index contributed by atoms with van der Waals surface area (Å²) < 4.78 is 5.55. The third-order valence-electron chi connectivity index (χ3n) is 3.53. The first-order chi connectivity index (χ1) is 11.0. The van der Waals surface area contributed by atoms with Crippen molar-refractivity contribution in [2.45, 2.75) is 43.1 Å². The van der Waals surface area contributed by atoms with Gasteiger partial charge < -0.3 is 9.73 Å². The summed E-state index contributed by atoms with van der Waals surface area (Å²) in [6, 6.07) is 6.87. The van der Waals surface area contributed by atoms with Crippen LogP contribution < -0.4 is 5.32 Å². The molecule has 1 amide bonds. The molecule has 2 aromatic rings. The van der Waals surface area contributed by atoms with Gasteiger partial charge in [0.25, 0.3) is 5.22 Å². The second-order valence-corrected chi connectivity index (χ2v) is 6.86. The lowest BCUT2D eigenvalue weighted by Crippen LogP contribution is -2.22. The van der Waals surface area contributed by atoms with Crippen molar-refractivity contribution in [3.8, 4) is 0 Å². The molecule has 0 radical (unpaired) electrons. The highest BCUT2D eigenvalue weighted by Crippen LogP contribution is 2.40. The van der Waals surface area contributed by atoms with Crippen molar-refractivity contribution >= 4 is 29.1 Å². The quantitative estimate of drug-likeness (QED) is 0.646. The average molecular weight is 331 g/mol. The number of amides is 1. The third-order valence-corrected chi connectivity index (χ3v) is 4.47. The molecule has 6 nitrogen and oxygen atoms in total. The van der Waals surface area contributed by atoms with Crippen LogP contribution in [0.25, 0.3) is 0 Å². The van der Waals surface area contributed by atoms with Crippen molar-refractivity contribution in [2.24, 2.45) is 0 Å². The number of carbonyl (C=O) groups is 2. The number of benzene rings is 1. The molecule has 1 aromatic carbocycles. The van der Waals surface area contributed by atoms with E-state index in [-0.39, 0.29) is 16.9 Å². The van der Waals surface area contributed by atoms with Crippen LogP contribution in [0.4, 0.5) is 5.69 Å². The summed E-state index contributed by atoms with van der Waals surface area (Å²) in [5.74, 6) is 0.841. The van der Waals surface area contributed by atoms with E-state index in [1.54, 1.807) is 31.2 Å². The molecule has 23 heavy (non-hydrogen) atoms. The molecular formula is C16H17N3O3S. The van der Waals surface area contributed by atoms with E-state index in [9.17, 15) is 9.59 Å². The predicted octanol–water partition coefficient (Wildman–Crippen LogP) is 3.27. The molecule has 0 spiro atoms. The van der Waals surface area contributed by atoms with Gasteiger partial charge in [-0.3, -0.25) is 9.59 Å². The van der Waals surface area contributed by atoms with Crippen molar-refractivity contribution in [1.82, 2.24) is 10.2 Å². The second-order valence-electron chi connectivity index (χ2n) is 5.57. The highest BCUT2D eigenvalue weighted by Gasteiger charge is 2.30. The topological polar surface area (TPSA) is 85.1 Å².